The normalized spacial score (nSPS) is 15.9. The summed E-state index contributed by atoms with van der Waals surface area (Å²) in [6.07, 6.45) is 1.19. The number of amides is 1. The highest BCUT2D eigenvalue weighted by Crippen LogP contribution is 2.40. The van der Waals surface area contributed by atoms with Crippen molar-refractivity contribution in [2.75, 3.05) is 25.6 Å². The van der Waals surface area contributed by atoms with E-state index in [0.717, 1.165) is 27.8 Å². The van der Waals surface area contributed by atoms with Crippen LogP contribution in [0.3, 0.4) is 0 Å². The average molecular weight is 396 g/mol. The number of nitrogens with one attached hydrogen (secondary N) is 1. The number of rotatable bonds is 4. The lowest BCUT2D eigenvalue weighted by atomic mass is 9.73. The molecule has 4 nitrogen and oxygen atoms in total. The number of carbonyl (C=O) groups is 1. The molecule has 144 valence electrons. The SMILES string of the molecule is COc1ccc(NC(=O)C2(c3ccccc3Cl)CCOCC2)c2ccccc12. The van der Waals surface area contributed by atoms with E-state index >= 15 is 0 Å². The summed E-state index contributed by atoms with van der Waals surface area (Å²) in [7, 11) is 1.65. The molecular formula is C23H22ClNO3. The first-order valence-corrected chi connectivity index (χ1v) is 9.73. The number of fused-ring (bicyclic) bond motifs is 1. The van der Waals surface area contributed by atoms with E-state index in [2.05, 4.69) is 5.32 Å². The van der Waals surface area contributed by atoms with Gasteiger partial charge in [-0.3, -0.25) is 4.79 Å². The van der Waals surface area contributed by atoms with E-state index in [1.54, 1.807) is 7.11 Å². The second-order valence-corrected chi connectivity index (χ2v) is 7.40. The third kappa shape index (κ3) is 3.23. The fourth-order valence-corrected chi connectivity index (χ4v) is 4.30. The molecule has 1 amide bonds. The molecule has 1 aliphatic heterocycles. The maximum Gasteiger partial charge on any atom is 0.235 e. The van der Waals surface area contributed by atoms with Gasteiger partial charge in [-0.2, -0.15) is 0 Å². The molecule has 1 saturated heterocycles. The van der Waals surface area contributed by atoms with Crippen molar-refractivity contribution in [3.05, 3.63) is 71.2 Å². The van der Waals surface area contributed by atoms with Crippen molar-refractivity contribution < 1.29 is 14.3 Å². The van der Waals surface area contributed by atoms with Crippen molar-refractivity contribution in [3.63, 3.8) is 0 Å². The number of benzene rings is 3. The third-order valence-electron chi connectivity index (χ3n) is 5.52. The van der Waals surface area contributed by atoms with E-state index in [4.69, 9.17) is 21.1 Å². The lowest BCUT2D eigenvalue weighted by Gasteiger charge is -2.37. The van der Waals surface area contributed by atoms with Crippen LogP contribution in [0.4, 0.5) is 5.69 Å². The van der Waals surface area contributed by atoms with Crippen LogP contribution in [0.2, 0.25) is 5.02 Å². The summed E-state index contributed by atoms with van der Waals surface area (Å²) in [5.41, 5.74) is 0.909. The Hall–Kier alpha value is -2.56. The summed E-state index contributed by atoms with van der Waals surface area (Å²) in [6, 6.07) is 19.2. The molecule has 0 saturated carbocycles. The molecule has 1 aliphatic rings. The summed E-state index contributed by atoms with van der Waals surface area (Å²) in [5.74, 6) is 0.722. The molecule has 3 aromatic rings. The van der Waals surface area contributed by atoms with Crippen molar-refractivity contribution in [1.29, 1.82) is 0 Å². The second kappa shape index (κ2) is 7.82. The van der Waals surface area contributed by atoms with E-state index in [9.17, 15) is 4.79 Å². The van der Waals surface area contributed by atoms with Crippen LogP contribution in [-0.4, -0.2) is 26.2 Å². The molecule has 1 heterocycles. The van der Waals surface area contributed by atoms with Crippen molar-refractivity contribution >= 4 is 34.0 Å². The Morgan fingerprint density at radius 1 is 1.00 bits per heavy atom. The molecule has 5 heteroatoms. The maximum atomic E-state index is 13.6. The molecular weight excluding hydrogens is 374 g/mol. The van der Waals surface area contributed by atoms with Gasteiger partial charge >= 0.3 is 0 Å². The van der Waals surface area contributed by atoms with Crippen molar-refractivity contribution in [2.24, 2.45) is 0 Å². The van der Waals surface area contributed by atoms with E-state index in [0.29, 0.717) is 31.1 Å². The van der Waals surface area contributed by atoms with Crippen LogP contribution in [-0.2, 0) is 14.9 Å². The highest BCUT2D eigenvalue weighted by Gasteiger charge is 2.43. The molecule has 28 heavy (non-hydrogen) atoms. The summed E-state index contributed by atoms with van der Waals surface area (Å²) in [6.45, 7) is 1.06. The van der Waals surface area contributed by atoms with E-state index in [-0.39, 0.29) is 5.91 Å². The molecule has 0 atom stereocenters. The predicted molar refractivity (Wildman–Crippen MR) is 112 cm³/mol. The van der Waals surface area contributed by atoms with Gasteiger partial charge in [-0.1, -0.05) is 54.1 Å². The zero-order valence-electron chi connectivity index (χ0n) is 15.7. The monoisotopic (exact) mass is 395 g/mol. The largest absolute Gasteiger partial charge is 0.496 e. The third-order valence-corrected chi connectivity index (χ3v) is 5.85. The molecule has 0 bridgehead atoms. The summed E-state index contributed by atoms with van der Waals surface area (Å²) >= 11 is 6.49. The van der Waals surface area contributed by atoms with Gasteiger partial charge < -0.3 is 14.8 Å². The standard InChI is InChI=1S/C23H22ClNO3/c1-27-21-11-10-20(16-6-2-3-7-17(16)21)25-22(26)23(12-14-28-15-13-23)18-8-4-5-9-19(18)24/h2-11H,12-15H2,1H3,(H,25,26). The molecule has 0 spiro atoms. The summed E-state index contributed by atoms with van der Waals surface area (Å²) in [4.78, 5) is 13.6. The van der Waals surface area contributed by atoms with Crippen LogP contribution in [0.15, 0.2) is 60.7 Å². The van der Waals surface area contributed by atoms with Gasteiger partial charge in [0.25, 0.3) is 0 Å². The van der Waals surface area contributed by atoms with Crippen molar-refractivity contribution in [2.45, 2.75) is 18.3 Å². The Kier molecular flexibility index (Phi) is 5.25. The summed E-state index contributed by atoms with van der Waals surface area (Å²) < 4.78 is 11.0. The molecule has 3 aromatic carbocycles. The number of carbonyl (C=O) groups excluding carboxylic acids is 1. The molecule has 0 aliphatic carbocycles. The van der Waals surface area contributed by atoms with Gasteiger partial charge in [0.2, 0.25) is 5.91 Å². The average Bonchev–Trinajstić information content (AvgIpc) is 2.74. The van der Waals surface area contributed by atoms with Crippen molar-refractivity contribution in [3.8, 4) is 5.75 Å². The minimum absolute atomic E-state index is 0.0563. The van der Waals surface area contributed by atoms with Gasteiger partial charge in [0, 0.05) is 34.7 Å². The topological polar surface area (TPSA) is 47.6 Å². The van der Waals surface area contributed by atoms with Crippen LogP contribution in [0.5, 0.6) is 5.75 Å². The Morgan fingerprint density at radius 2 is 1.68 bits per heavy atom. The zero-order valence-corrected chi connectivity index (χ0v) is 16.5. The quantitative estimate of drug-likeness (QED) is 0.661. The van der Waals surface area contributed by atoms with Gasteiger partial charge in [0.05, 0.1) is 12.5 Å². The number of methoxy groups -OCH3 is 1. The fourth-order valence-electron chi connectivity index (χ4n) is 3.99. The number of anilines is 1. The molecule has 0 aromatic heterocycles. The van der Waals surface area contributed by atoms with Crippen LogP contribution >= 0.6 is 11.6 Å². The zero-order chi connectivity index (χ0) is 19.6. The van der Waals surface area contributed by atoms with Gasteiger partial charge in [0.1, 0.15) is 5.75 Å². The molecule has 0 radical (unpaired) electrons. The van der Waals surface area contributed by atoms with Crippen LogP contribution < -0.4 is 10.1 Å². The van der Waals surface area contributed by atoms with E-state index in [1.165, 1.54) is 0 Å². The van der Waals surface area contributed by atoms with Crippen LogP contribution in [0.1, 0.15) is 18.4 Å². The van der Waals surface area contributed by atoms with Gasteiger partial charge in [-0.25, -0.2) is 0 Å². The Morgan fingerprint density at radius 3 is 2.39 bits per heavy atom. The first-order valence-electron chi connectivity index (χ1n) is 9.36. The Bertz CT molecular complexity index is 1010. The smallest absolute Gasteiger partial charge is 0.235 e. The van der Waals surface area contributed by atoms with Gasteiger partial charge in [0.15, 0.2) is 0 Å². The molecule has 0 unspecified atom stereocenters. The highest BCUT2D eigenvalue weighted by atomic mass is 35.5. The first-order chi connectivity index (χ1) is 13.7. The second-order valence-electron chi connectivity index (χ2n) is 6.99. The minimum Gasteiger partial charge on any atom is -0.496 e. The molecule has 1 fully saturated rings. The molecule has 4 rings (SSSR count). The highest BCUT2D eigenvalue weighted by molar-refractivity contribution is 6.32. The minimum atomic E-state index is -0.711. The number of hydrogen-bond acceptors (Lipinski definition) is 3. The van der Waals surface area contributed by atoms with Gasteiger partial charge in [-0.05, 0) is 36.6 Å². The van der Waals surface area contributed by atoms with Crippen LogP contribution in [0.25, 0.3) is 10.8 Å². The fraction of sp³-hybridized carbons (Fsp3) is 0.261. The van der Waals surface area contributed by atoms with Gasteiger partial charge in [-0.15, -0.1) is 0 Å². The van der Waals surface area contributed by atoms with E-state index in [1.807, 2.05) is 60.7 Å². The number of hydrogen-bond donors (Lipinski definition) is 1. The Balaban J connectivity index is 1.76. The predicted octanol–water partition coefficient (Wildman–Crippen LogP) is 5.19. The lowest BCUT2D eigenvalue weighted by molar-refractivity contribution is -0.125. The Labute approximate surface area is 169 Å². The lowest BCUT2D eigenvalue weighted by Crippen LogP contribution is -2.45. The van der Waals surface area contributed by atoms with E-state index < -0.39 is 5.41 Å². The van der Waals surface area contributed by atoms with Crippen molar-refractivity contribution in [1.82, 2.24) is 0 Å². The molecule has 1 N–H and O–H groups in total. The van der Waals surface area contributed by atoms with Crippen LogP contribution in [0, 0.1) is 0 Å². The maximum absolute atomic E-state index is 13.6. The number of ether oxygens (including phenoxy) is 2. The summed E-state index contributed by atoms with van der Waals surface area (Å²) in [5, 5.41) is 5.68. The first kappa shape index (κ1) is 18.8. The number of halogens is 1.